The summed E-state index contributed by atoms with van der Waals surface area (Å²) in [7, 11) is 0. The summed E-state index contributed by atoms with van der Waals surface area (Å²) >= 11 is 0. The van der Waals surface area contributed by atoms with E-state index in [4.69, 9.17) is 15.2 Å². The molecule has 0 saturated carbocycles. The molecule has 2 N–H and O–H groups in total. The maximum Gasteiger partial charge on any atom is 0.122 e. The van der Waals surface area contributed by atoms with Crippen molar-refractivity contribution in [2.75, 3.05) is 13.2 Å². The third kappa shape index (κ3) is 3.20. The van der Waals surface area contributed by atoms with Gasteiger partial charge in [-0.3, -0.25) is 0 Å². The lowest BCUT2D eigenvalue weighted by atomic mass is 10.1. The molecule has 2 unspecified atom stereocenters. The molecular formula is C14H21NO2. The minimum absolute atomic E-state index is 0.0703. The van der Waals surface area contributed by atoms with Crippen LogP contribution in [0.5, 0.6) is 5.75 Å². The van der Waals surface area contributed by atoms with Gasteiger partial charge in [-0.2, -0.15) is 0 Å². The van der Waals surface area contributed by atoms with Gasteiger partial charge in [0.2, 0.25) is 0 Å². The summed E-state index contributed by atoms with van der Waals surface area (Å²) < 4.78 is 11.3. The number of aryl methyl sites for hydroxylation is 1. The van der Waals surface area contributed by atoms with E-state index in [1.165, 1.54) is 0 Å². The largest absolute Gasteiger partial charge is 0.491 e. The third-order valence-corrected chi connectivity index (χ3v) is 3.17. The lowest BCUT2D eigenvalue weighted by Gasteiger charge is -2.15. The van der Waals surface area contributed by atoms with E-state index in [0.29, 0.717) is 6.61 Å². The van der Waals surface area contributed by atoms with Gasteiger partial charge in [0.1, 0.15) is 12.4 Å². The fraction of sp³-hybridized carbons (Fsp3) is 0.571. The molecule has 1 aliphatic heterocycles. The maximum atomic E-state index is 5.85. The summed E-state index contributed by atoms with van der Waals surface area (Å²) in [6, 6.07) is 6.20. The van der Waals surface area contributed by atoms with Crippen LogP contribution in [-0.2, 0) is 4.74 Å². The van der Waals surface area contributed by atoms with Crippen LogP contribution < -0.4 is 10.5 Å². The first-order valence-corrected chi connectivity index (χ1v) is 6.27. The predicted octanol–water partition coefficient (Wildman–Crippen LogP) is 2.57. The Morgan fingerprint density at radius 3 is 2.94 bits per heavy atom. The van der Waals surface area contributed by atoms with E-state index in [1.807, 2.05) is 19.1 Å². The van der Waals surface area contributed by atoms with Crippen molar-refractivity contribution in [3.05, 3.63) is 29.3 Å². The maximum absolute atomic E-state index is 5.85. The normalized spacial score (nSPS) is 21.5. The minimum Gasteiger partial charge on any atom is -0.491 e. The molecule has 1 saturated heterocycles. The van der Waals surface area contributed by atoms with Gasteiger partial charge in [-0.05, 0) is 43.9 Å². The van der Waals surface area contributed by atoms with E-state index >= 15 is 0 Å². The van der Waals surface area contributed by atoms with Gasteiger partial charge < -0.3 is 15.2 Å². The standard InChI is InChI=1S/C14H21NO2/c1-10-8-12(11(2)15)5-6-14(10)17-9-13-4-3-7-16-13/h5-6,8,11,13H,3-4,7,9,15H2,1-2H3. The van der Waals surface area contributed by atoms with Gasteiger partial charge in [0.05, 0.1) is 6.10 Å². The Bertz CT molecular complexity index is 370. The summed E-state index contributed by atoms with van der Waals surface area (Å²) in [5.41, 5.74) is 8.13. The van der Waals surface area contributed by atoms with Gasteiger partial charge in [-0.15, -0.1) is 0 Å². The van der Waals surface area contributed by atoms with Crippen LogP contribution in [0.2, 0.25) is 0 Å². The number of hydrogen-bond acceptors (Lipinski definition) is 3. The van der Waals surface area contributed by atoms with Crippen LogP contribution in [0.4, 0.5) is 0 Å². The lowest BCUT2D eigenvalue weighted by molar-refractivity contribution is 0.0677. The molecule has 0 amide bonds. The van der Waals surface area contributed by atoms with Crippen LogP contribution in [-0.4, -0.2) is 19.3 Å². The van der Waals surface area contributed by atoms with Crippen LogP contribution in [0, 0.1) is 6.92 Å². The van der Waals surface area contributed by atoms with E-state index in [0.717, 1.165) is 36.3 Å². The van der Waals surface area contributed by atoms with Crippen molar-refractivity contribution in [2.24, 2.45) is 5.73 Å². The zero-order valence-corrected chi connectivity index (χ0v) is 10.6. The van der Waals surface area contributed by atoms with Crippen LogP contribution in [0.3, 0.4) is 0 Å². The first-order chi connectivity index (χ1) is 8.16. The van der Waals surface area contributed by atoms with E-state index in [-0.39, 0.29) is 12.1 Å². The fourth-order valence-electron chi connectivity index (χ4n) is 2.08. The molecule has 0 spiro atoms. The molecule has 1 heterocycles. The van der Waals surface area contributed by atoms with Gasteiger partial charge in [-0.1, -0.05) is 12.1 Å². The minimum atomic E-state index is 0.0703. The Hall–Kier alpha value is -1.06. The highest BCUT2D eigenvalue weighted by molar-refractivity contribution is 5.37. The Morgan fingerprint density at radius 1 is 1.53 bits per heavy atom. The van der Waals surface area contributed by atoms with Gasteiger partial charge in [0, 0.05) is 12.6 Å². The summed E-state index contributed by atoms with van der Waals surface area (Å²) in [6.45, 7) is 5.56. The Labute approximate surface area is 103 Å². The van der Waals surface area contributed by atoms with E-state index in [2.05, 4.69) is 13.0 Å². The average molecular weight is 235 g/mol. The smallest absolute Gasteiger partial charge is 0.122 e. The first kappa shape index (κ1) is 12.4. The molecule has 2 atom stereocenters. The second-order valence-electron chi connectivity index (χ2n) is 4.76. The van der Waals surface area contributed by atoms with E-state index < -0.39 is 0 Å². The van der Waals surface area contributed by atoms with Crippen molar-refractivity contribution in [2.45, 2.75) is 38.8 Å². The molecule has 0 radical (unpaired) electrons. The molecule has 2 rings (SSSR count). The summed E-state index contributed by atoms with van der Waals surface area (Å²) in [5.74, 6) is 0.935. The van der Waals surface area contributed by atoms with Gasteiger partial charge in [-0.25, -0.2) is 0 Å². The number of hydrogen-bond donors (Lipinski definition) is 1. The van der Waals surface area contributed by atoms with Gasteiger partial charge in [0.25, 0.3) is 0 Å². The zero-order valence-electron chi connectivity index (χ0n) is 10.6. The highest BCUT2D eigenvalue weighted by Gasteiger charge is 2.16. The topological polar surface area (TPSA) is 44.5 Å². The van der Waals surface area contributed by atoms with Crippen molar-refractivity contribution < 1.29 is 9.47 Å². The highest BCUT2D eigenvalue weighted by atomic mass is 16.5. The van der Waals surface area contributed by atoms with Gasteiger partial charge in [0.15, 0.2) is 0 Å². The van der Waals surface area contributed by atoms with Crippen molar-refractivity contribution in [3.8, 4) is 5.75 Å². The van der Waals surface area contributed by atoms with Gasteiger partial charge >= 0.3 is 0 Å². The fourth-order valence-corrected chi connectivity index (χ4v) is 2.08. The molecule has 1 aromatic rings. The average Bonchev–Trinajstić information content (AvgIpc) is 2.80. The van der Waals surface area contributed by atoms with Crippen molar-refractivity contribution in [1.29, 1.82) is 0 Å². The Kier molecular flexibility index (Phi) is 4.02. The molecule has 0 bridgehead atoms. The molecule has 1 aromatic carbocycles. The SMILES string of the molecule is Cc1cc(C(C)N)ccc1OCC1CCCO1. The highest BCUT2D eigenvalue weighted by Crippen LogP contribution is 2.23. The number of rotatable bonds is 4. The number of benzene rings is 1. The molecule has 3 nitrogen and oxygen atoms in total. The van der Waals surface area contributed by atoms with Crippen LogP contribution in [0.15, 0.2) is 18.2 Å². The van der Waals surface area contributed by atoms with Crippen LogP contribution >= 0.6 is 0 Å². The molecule has 1 aliphatic rings. The summed E-state index contributed by atoms with van der Waals surface area (Å²) in [5, 5.41) is 0. The molecular weight excluding hydrogens is 214 g/mol. The zero-order chi connectivity index (χ0) is 12.3. The Morgan fingerprint density at radius 2 is 2.35 bits per heavy atom. The van der Waals surface area contributed by atoms with Crippen molar-refractivity contribution >= 4 is 0 Å². The predicted molar refractivity (Wildman–Crippen MR) is 68.3 cm³/mol. The second-order valence-corrected chi connectivity index (χ2v) is 4.76. The third-order valence-electron chi connectivity index (χ3n) is 3.17. The monoisotopic (exact) mass is 235 g/mol. The van der Waals surface area contributed by atoms with E-state index in [9.17, 15) is 0 Å². The molecule has 94 valence electrons. The van der Waals surface area contributed by atoms with Crippen molar-refractivity contribution in [1.82, 2.24) is 0 Å². The van der Waals surface area contributed by atoms with Crippen molar-refractivity contribution in [3.63, 3.8) is 0 Å². The number of ether oxygens (including phenoxy) is 2. The summed E-state index contributed by atoms with van der Waals surface area (Å²) in [6.07, 6.45) is 2.52. The summed E-state index contributed by atoms with van der Waals surface area (Å²) in [4.78, 5) is 0. The molecule has 17 heavy (non-hydrogen) atoms. The first-order valence-electron chi connectivity index (χ1n) is 6.27. The molecule has 3 heteroatoms. The Balaban J connectivity index is 1.96. The molecule has 0 aromatic heterocycles. The number of nitrogens with two attached hydrogens (primary N) is 1. The molecule has 1 fully saturated rings. The lowest BCUT2D eigenvalue weighted by Crippen LogP contribution is -2.16. The second kappa shape index (κ2) is 5.52. The quantitative estimate of drug-likeness (QED) is 0.872. The van der Waals surface area contributed by atoms with Crippen LogP contribution in [0.25, 0.3) is 0 Å². The van der Waals surface area contributed by atoms with E-state index in [1.54, 1.807) is 0 Å². The van der Waals surface area contributed by atoms with Crippen LogP contribution in [0.1, 0.15) is 36.9 Å². The molecule has 0 aliphatic carbocycles.